The molecule has 1 rings (SSSR count). The molecular formula is C12H17FO. The smallest absolute Gasteiger partial charge is 0.123 e. The fourth-order valence-electron chi connectivity index (χ4n) is 1.21. The van der Waals surface area contributed by atoms with Crippen LogP contribution in [0.25, 0.3) is 0 Å². The van der Waals surface area contributed by atoms with Crippen LogP contribution in [-0.2, 0) is 0 Å². The molecule has 0 saturated heterocycles. The standard InChI is InChI=1S/C12H17FO/c1-10(2)4-3-9-14-12-7-5-11(13)6-8-12/h5-8,10H,3-4,9H2,1-2H3. The van der Waals surface area contributed by atoms with Crippen molar-refractivity contribution in [3.05, 3.63) is 30.1 Å². The van der Waals surface area contributed by atoms with Crippen LogP contribution in [0.4, 0.5) is 4.39 Å². The van der Waals surface area contributed by atoms with E-state index in [1.807, 2.05) is 0 Å². The summed E-state index contributed by atoms with van der Waals surface area (Å²) in [6, 6.07) is 6.14. The zero-order chi connectivity index (χ0) is 10.4. The molecule has 0 spiro atoms. The molecule has 0 unspecified atom stereocenters. The van der Waals surface area contributed by atoms with Gasteiger partial charge in [-0.15, -0.1) is 0 Å². The summed E-state index contributed by atoms with van der Waals surface area (Å²) in [6.07, 6.45) is 2.22. The van der Waals surface area contributed by atoms with Gasteiger partial charge in [0.1, 0.15) is 11.6 Å². The third kappa shape index (κ3) is 4.26. The lowest BCUT2D eigenvalue weighted by Gasteiger charge is -2.07. The van der Waals surface area contributed by atoms with Crippen molar-refractivity contribution in [2.45, 2.75) is 26.7 Å². The van der Waals surface area contributed by atoms with Gasteiger partial charge in [-0.25, -0.2) is 4.39 Å². The molecule has 1 aromatic carbocycles. The summed E-state index contributed by atoms with van der Waals surface area (Å²) in [4.78, 5) is 0. The highest BCUT2D eigenvalue weighted by molar-refractivity contribution is 5.21. The number of hydrogen-bond acceptors (Lipinski definition) is 1. The predicted octanol–water partition coefficient (Wildman–Crippen LogP) is 3.64. The van der Waals surface area contributed by atoms with Gasteiger partial charge in [0.15, 0.2) is 0 Å². The van der Waals surface area contributed by atoms with Gasteiger partial charge in [0.2, 0.25) is 0 Å². The second kappa shape index (κ2) is 5.63. The van der Waals surface area contributed by atoms with Crippen molar-refractivity contribution in [3.8, 4) is 5.75 Å². The van der Waals surface area contributed by atoms with Crippen molar-refractivity contribution in [2.75, 3.05) is 6.61 Å². The fourth-order valence-corrected chi connectivity index (χ4v) is 1.21. The van der Waals surface area contributed by atoms with E-state index in [1.165, 1.54) is 18.6 Å². The van der Waals surface area contributed by atoms with Gasteiger partial charge >= 0.3 is 0 Å². The summed E-state index contributed by atoms with van der Waals surface area (Å²) in [5, 5.41) is 0. The number of ether oxygens (including phenoxy) is 1. The van der Waals surface area contributed by atoms with Crippen LogP contribution in [0.2, 0.25) is 0 Å². The summed E-state index contributed by atoms with van der Waals surface area (Å²) in [5.74, 6) is 1.24. The van der Waals surface area contributed by atoms with Crippen LogP contribution in [0.15, 0.2) is 24.3 Å². The average Bonchev–Trinajstić information content (AvgIpc) is 2.15. The molecule has 0 N–H and O–H groups in total. The molecule has 0 aliphatic carbocycles. The van der Waals surface area contributed by atoms with Gasteiger partial charge in [-0.05, 0) is 43.0 Å². The molecular weight excluding hydrogens is 179 g/mol. The molecule has 0 radical (unpaired) electrons. The minimum Gasteiger partial charge on any atom is -0.494 e. The van der Waals surface area contributed by atoms with Crippen molar-refractivity contribution < 1.29 is 9.13 Å². The Labute approximate surface area is 84.9 Å². The molecule has 0 heterocycles. The Morgan fingerprint density at radius 3 is 2.43 bits per heavy atom. The number of rotatable bonds is 5. The van der Waals surface area contributed by atoms with Crippen LogP contribution in [0.5, 0.6) is 5.75 Å². The lowest BCUT2D eigenvalue weighted by molar-refractivity contribution is 0.297. The summed E-state index contributed by atoms with van der Waals surface area (Å²) >= 11 is 0. The van der Waals surface area contributed by atoms with Crippen LogP contribution in [-0.4, -0.2) is 6.61 Å². The monoisotopic (exact) mass is 196 g/mol. The molecule has 0 aromatic heterocycles. The van der Waals surface area contributed by atoms with E-state index in [-0.39, 0.29) is 5.82 Å². The third-order valence-corrected chi connectivity index (χ3v) is 2.01. The van der Waals surface area contributed by atoms with Gasteiger partial charge in [0.25, 0.3) is 0 Å². The number of benzene rings is 1. The molecule has 2 heteroatoms. The minimum atomic E-state index is -0.223. The molecule has 0 atom stereocenters. The normalized spacial score (nSPS) is 10.6. The first-order valence-corrected chi connectivity index (χ1v) is 5.07. The first-order valence-electron chi connectivity index (χ1n) is 5.07. The van der Waals surface area contributed by atoms with E-state index in [1.54, 1.807) is 12.1 Å². The Balaban J connectivity index is 2.21. The predicted molar refractivity (Wildman–Crippen MR) is 56.0 cm³/mol. The van der Waals surface area contributed by atoms with Gasteiger partial charge < -0.3 is 4.74 Å². The molecule has 0 saturated carbocycles. The van der Waals surface area contributed by atoms with Gasteiger partial charge in [0, 0.05) is 0 Å². The van der Waals surface area contributed by atoms with Crippen LogP contribution >= 0.6 is 0 Å². The zero-order valence-electron chi connectivity index (χ0n) is 8.79. The van der Waals surface area contributed by atoms with E-state index in [0.717, 1.165) is 12.2 Å². The van der Waals surface area contributed by atoms with E-state index >= 15 is 0 Å². The van der Waals surface area contributed by atoms with E-state index in [0.29, 0.717) is 12.5 Å². The van der Waals surface area contributed by atoms with Crippen LogP contribution in [0, 0.1) is 11.7 Å². The van der Waals surface area contributed by atoms with Crippen molar-refractivity contribution in [1.82, 2.24) is 0 Å². The topological polar surface area (TPSA) is 9.23 Å². The summed E-state index contributed by atoms with van der Waals surface area (Å²) in [7, 11) is 0. The lowest BCUT2D eigenvalue weighted by Crippen LogP contribution is -1.99. The Hall–Kier alpha value is -1.05. The SMILES string of the molecule is CC(C)CCCOc1ccc(F)cc1. The van der Waals surface area contributed by atoms with Gasteiger partial charge in [-0.2, -0.15) is 0 Å². The second-order valence-electron chi connectivity index (χ2n) is 3.84. The molecule has 14 heavy (non-hydrogen) atoms. The molecule has 1 nitrogen and oxygen atoms in total. The molecule has 0 bridgehead atoms. The number of halogens is 1. The van der Waals surface area contributed by atoms with Crippen LogP contribution in [0.1, 0.15) is 26.7 Å². The van der Waals surface area contributed by atoms with Gasteiger partial charge in [0.05, 0.1) is 6.61 Å². The maximum Gasteiger partial charge on any atom is 0.123 e. The van der Waals surface area contributed by atoms with Crippen molar-refractivity contribution in [1.29, 1.82) is 0 Å². The van der Waals surface area contributed by atoms with Crippen LogP contribution in [0.3, 0.4) is 0 Å². The highest BCUT2D eigenvalue weighted by atomic mass is 19.1. The van der Waals surface area contributed by atoms with Crippen molar-refractivity contribution >= 4 is 0 Å². The van der Waals surface area contributed by atoms with E-state index < -0.39 is 0 Å². The average molecular weight is 196 g/mol. The zero-order valence-corrected chi connectivity index (χ0v) is 8.79. The Morgan fingerprint density at radius 2 is 1.86 bits per heavy atom. The van der Waals surface area contributed by atoms with E-state index in [9.17, 15) is 4.39 Å². The third-order valence-electron chi connectivity index (χ3n) is 2.01. The maximum atomic E-state index is 12.5. The fraction of sp³-hybridized carbons (Fsp3) is 0.500. The summed E-state index contributed by atoms with van der Waals surface area (Å²) in [5.41, 5.74) is 0. The van der Waals surface area contributed by atoms with E-state index in [4.69, 9.17) is 4.74 Å². The van der Waals surface area contributed by atoms with Crippen molar-refractivity contribution in [3.63, 3.8) is 0 Å². The van der Waals surface area contributed by atoms with Gasteiger partial charge in [-0.1, -0.05) is 13.8 Å². The highest BCUT2D eigenvalue weighted by Crippen LogP contribution is 2.12. The molecule has 0 aliphatic rings. The maximum absolute atomic E-state index is 12.5. The lowest BCUT2D eigenvalue weighted by atomic mass is 10.1. The first-order chi connectivity index (χ1) is 6.68. The molecule has 78 valence electrons. The van der Waals surface area contributed by atoms with E-state index in [2.05, 4.69) is 13.8 Å². The first kappa shape index (κ1) is 11.0. The van der Waals surface area contributed by atoms with Crippen LogP contribution < -0.4 is 4.74 Å². The Kier molecular flexibility index (Phi) is 4.44. The summed E-state index contributed by atoms with van der Waals surface area (Å²) < 4.78 is 18.0. The molecule has 0 aliphatic heterocycles. The highest BCUT2D eigenvalue weighted by Gasteiger charge is 1.96. The minimum absolute atomic E-state index is 0.223. The quantitative estimate of drug-likeness (QED) is 0.653. The largest absolute Gasteiger partial charge is 0.494 e. The molecule has 0 fully saturated rings. The molecule has 0 amide bonds. The molecule has 1 aromatic rings. The number of hydrogen-bond donors (Lipinski definition) is 0. The van der Waals surface area contributed by atoms with Gasteiger partial charge in [-0.3, -0.25) is 0 Å². The second-order valence-corrected chi connectivity index (χ2v) is 3.84. The Bertz CT molecular complexity index is 254. The summed E-state index contributed by atoms with van der Waals surface area (Å²) in [6.45, 7) is 5.10. The Morgan fingerprint density at radius 1 is 1.21 bits per heavy atom. The van der Waals surface area contributed by atoms with Crippen molar-refractivity contribution in [2.24, 2.45) is 5.92 Å².